The van der Waals surface area contributed by atoms with E-state index in [9.17, 15) is 9.59 Å². The lowest BCUT2D eigenvalue weighted by molar-refractivity contribution is -0.136. The lowest BCUT2D eigenvalue weighted by Gasteiger charge is -2.24. The Morgan fingerprint density at radius 3 is 2.91 bits per heavy atom. The van der Waals surface area contributed by atoms with Crippen LogP contribution in [-0.4, -0.2) is 48.9 Å². The zero-order valence-corrected chi connectivity index (χ0v) is 18.9. The smallest absolute Gasteiger partial charge is 0.248 e. The second-order valence-corrected chi connectivity index (χ2v) is 8.98. The van der Waals surface area contributed by atoms with Crippen molar-refractivity contribution in [2.24, 2.45) is 0 Å². The van der Waals surface area contributed by atoms with Crippen LogP contribution in [0.25, 0.3) is 16.6 Å². The van der Waals surface area contributed by atoms with Crippen molar-refractivity contribution in [3.63, 3.8) is 0 Å². The standard InChI is InChI=1S/C23H24N6O2S/c1-14-16(15(2)29-21(25-14)17-6-3-4-7-18(17)27-29)9-10-20(30)28-12-5-8-19(28)22(31)26-23-24-11-13-32-23/h3-4,6-7,11,13,19H,5,8-10,12H2,1-2H3,(H,24,26,31). The number of thiazole rings is 1. The van der Waals surface area contributed by atoms with Crippen LogP contribution in [0.1, 0.15) is 36.2 Å². The Kier molecular flexibility index (Phi) is 5.34. The number of benzene rings is 1. The quantitative estimate of drug-likeness (QED) is 0.504. The Hall–Kier alpha value is -3.33. The van der Waals surface area contributed by atoms with Crippen molar-refractivity contribution in [3.8, 4) is 0 Å². The van der Waals surface area contributed by atoms with Crippen molar-refractivity contribution in [1.29, 1.82) is 0 Å². The molecule has 1 unspecified atom stereocenters. The first kappa shape index (κ1) is 20.6. The molecule has 1 aliphatic rings. The van der Waals surface area contributed by atoms with E-state index >= 15 is 0 Å². The highest BCUT2D eigenvalue weighted by atomic mass is 32.1. The zero-order chi connectivity index (χ0) is 22.2. The fourth-order valence-corrected chi connectivity index (χ4v) is 5.06. The summed E-state index contributed by atoms with van der Waals surface area (Å²) in [6, 6.07) is 7.52. The normalized spacial score (nSPS) is 16.2. The molecule has 1 aromatic carbocycles. The van der Waals surface area contributed by atoms with E-state index in [4.69, 9.17) is 10.1 Å². The van der Waals surface area contributed by atoms with Crippen molar-refractivity contribution in [2.75, 3.05) is 11.9 Å². The van der Waals surface area contributed by atoms with Crippen LogP contribution in [0, 0.1) is 13.8 Å². The van der Waals surface area contributed by atoms with Gasteiger partial charge in [-0.3, -0.25) is 9.59 Å². The lowest BCUT2D eigenvalue weighted by Crippen LogP contribution is -2.43. The van der Waals surface area contributed by atoms with Gasteiger partial charge in [0, 0.05) is 41.3 Å². The molecule has 4 heterocycles. The highest BCUT2D eigenvalue weighted by Crippen LogP contribution is 2.25. The third kappa shape index (κ3) is 3.62. The number of nitrogens with zero attached hydrogens (tertiary/aromatic N) is 5. The third-order valence-electron chi connectivity index (χ3n) is 6.15. The van der Waals surface area contributed by atoms with Gasteiger partial charge in [-0.05, 0) is 50.8 Å². The van der Waals surface area contributed by atoms with Crippen LogP contribution in [0.4, 0.5) is 5.13 Å². The Bertz CT molecular complexity index is 1310. The molecule has 2 amide bonds. The number of rotatable bonds is 5. The number of fused-ring (bicyclic) bond motifs is 3. The van der Waals surface area contributed by atoms with Gasteiger partial charge in [-0.2, -0.15) is 5.10 Å². The van der Waals surface area contributed by atoms with E-state index in [1.54, 1.807) is 11.1 Å². The Balaban J connectivity index is 1.33. The summed E-state index contributed by atoms with van der Waals surface area (Å²) in [5.74, 6) is -0.171. The van der Waals surface area contributed by atoms with Gasteiger partial charge in [-0.1, -0.05) is 12.1 Å². The monoisotopic (exact) mass is 448 g/mol. The fraction of sp³-hybridized carbons (Fsp3) is 0.348. The van der Waals surface area contributed by atoms with Gasteiger partial charge in [0.25, 0.3) is 0 Å². The SMILES string of the molecule is Cc1nc2c3ccccc3nn2c(C)c1CCC(=O)N1CCCC1C(=O)Nc1nccs1. The molecule has 1 N–H and O–H groups in total. The molecule has 0 radical (unpaired) electrons. The minimum Gasteiger partial charge on any atom is -0.331 e. The van der Waals surface area contributed by atoms with E-state index in [1.165, 1.54) is 11.3 Å². The molecule has 3 aromatic heterocycles. The van der Waals surface area contributed by atoms with Gasteiger partial charge < -0.3 is 10.2 Å². The number of likely N-dealkylation sites (tertiary alicyclic amines) is 1. The molecule has 1 fully saturated rings. The van der Waals surface area contributed by atoms with Gasteiger partial charge in [0.1, 0.15) is 6.04 Å². The second-order valence-electron chi connectivity index (χ2n) is 8.09. The van der Waals surface area contributed by atoms with Crippen LogP contribution in [0.3, 0.4) is 0 Å². The summed E-state index contributed by atoms with van der Waals surface area (Å²) < 4.78 is 1.87. The molecule has 0 spiro atoms. The molecule has 1 aliphatic heterocycles. The second kappa shape index (κ2) is 8.31. The van der Waals surface area contributed by atoms with Crippen molar-refractivity contribution in [1.82, 2.24) is 24.5 Å². The maximum atomic E-state index is 13.1. The van der Waals surface area contributed by atoms with E-state index in [0.717, 1.165) is 39.9 Å². The Morgan fingerprint density at radius 1 is 1.25 bits per heavy atom. The van der Waals surface area contributed by atoms with Gasteiger partial charge in [0.2, 0.25) is 11.8 Å². The molecule has 164 valence electrons. The van der Waals surface area contributed by atoms with E-state index < -0.39 is 6.04 Å². The summed E-state index contributed by atoms with van der Waals surface area (Å²) >= 11 is 1.37. The molecule has 0 aliphatic carbocycles. The van der Waals surface area contributed by atoms with Crippen LogP contribution in [0.2, 0.25) is 0 Å². The fourth-order valence-electron chi connectivity index (χ4n) is 4.53. The number of carbonyl (C=O) groups excluding carboxylic acids is 2. The van der Waals surface area contributed by atoms with Crippen LogP contribution < -0.4 is 5.32 Å². The molecule has 32 heavy (non-hydrogen) atoms. The average Bonchev–Trinajstić information content (AvgIpc) is 3.53. The van der Waals surface area contributed by atoms with E-state index in [-0.39, 0.29) is 11.8 Å². The van der Waals surface area contributed by atoms with E-state index in [1.807, 2.05) is 48.0 Å². The predicted octanol–water partition coefficient (Wildman–Crippen LogP) is 3.52. The van der Waals surface area contributed by atoms with E-state index in [2.05, 4.69) is 10.3 Å². The van der Waals surface area contributed by atoms with Crippen molar-refractivity contribution in [2.45, 2.75) is 45.6 Å². The largest absolute Gasteiger partial charge is 0.331 e. The van der Waals surface area contributed by atoms with Crippen LogP contribution in [0.5, 0.6) is 0 Å². The van der Waals surface area contributed by atoms with Gasteiger partial charge in [0.15, 0.2) is 10.8 Å². The summed E-state index contributed by atoms with van der Waals surface area (Å²) in [7, 11) is 0. The number of hydrogen-bond donors (Lipinski definition) is 1. The Morgan fingerprint density at radius 2 is 2.09 bits per heavy atom. The van der Waals surface area contributed by atoms with Crippen molar-refractivity contribution < 1.29 is 9.59 Å². The minimum absolute atomic E-state index is 0.00804. The summed E-state index contributed by atoms with van der Waals surface area (Å²) in [6.45, 7) is 4.61. The average molecular weight is 449 g/mol. The number of anilines is 1. The summed E-state index contributed by atoms with van der Waals surface area (Å²) in [5, 5.41) is 10.9. The van der Waals surface area contributed by atoms with Crippen LogP contribution in [-0.2, 0) is 16.0 Å². The van der Waals surface area contributed by atoms with Crippen molar-refractivity contribution >= 4 is 44.8 Å². The van der Waals surface area contributed by atoms with Gasteiger partial charge in [-0.15, -0.1) is 11.3 Å². The lowest BCUT2D eigenvalue weighted by atomic mass is 10.1. The summed E-state index contributed by atoms with van der Waals surface area (Å²) in [5.41, 5.74) is 4.68. The number of aryl methyl sites for hydroxylation is 2. The number of carbonyl (C=O) groups is 2. The van der Waals surface area contributed by atoms with Crippen LogP contribution >= 0.6 is 11.3 Å². The Labute approximate surface area is 189 Å². The maximum absolute atomic E-state index is 13.1. The topological polar surface area (TPSA) is 92.5 Å². The zero-order valence-electron chi connectivity index (χ0n) is 18.0. The third-order valence-corrected chi connectivity index (χ3v) is 6.83. The molecule has 0 saturated carbocycles. The molecular weight excluding hydrogens is 424 g/mol. The molecule has 5 rings (SSSR count). The molecule has 0 bridgehead atoms. The summed E-state index contributed by atoms with van der Waals surface area (Å²) in [6.07, 6.45) is 4.04. The first-order chi connectivity index (χ1) is 15.5. The predicted molar refractivity (Wildman–Crippen MR) is 124 cm³/mol. The number of hydrogen-bond acceptors (Lipinski definition) is 6. The van der Waals surface area contributed by atoms with Gasteiger partial charge in [-0.25, -0.2) is 14.5 Å². The highest BCUT2D eigenvalue weighted by Gasteiger charge is 2.34. The van der Waals surface area contributed by atoms with E-state index in [0.29, 0.717) is 30.9 Å². The number of aromatic nitrogens is 4. The van der Waals surface area contributed by atoms with Gasteiger partial charge in [0.05, 0.1) is 5.52 Å². The minimum atomic E-state index is -0.439. The first-order valence-electron chi connectivity index (χ1n) is 10.8. The summed E-state index contributed by atoms with van der Waals surface area (Å²) in [4.78, 5) is 36.3. The maximum Gasteiger partial charge on any atom is 0.248 e. The molecule has 1 atom stereocenters. The molecule has 9 heteroatoms. The molecular formula is C23H24N6O2S. The van der Waals surface area contributed by atoms with Crippen molar-refractivity contribution in [3.05, 3.63) is 52.8 Å². The number of nitrogens with one attached hydrogen (secondary N) is 1. The first-order valence-corrected chi connectivity index (χ1v) is 11.6. The molecule has 4 aromatic rings. The van der Waals surface area contributed by atoms with Gasteiger partial charge >= 0.3 is 0 Å². The molecule has 1 saturated heterocycles. The van der Waals surface area contributed by atoms with Crippen LogP contribution in [0.15, 0.2) is 35.8 Å². The molecule has 8 nitrogen and oxygen atoms in total. The highest BCUT2D eigenvalue weighted by molar-refractivity contribution is 7.13. The number of amides is 2.